The highest BCUT2D eigenvalue weighted by Crippen LogP contribution is 2.31. The van der Waals surface area contributed by atoms with E-state index in [4.69, 9.17) is 0 Å². The second kappa shape index (κ2) is 4.99. The number of carbonyl (C=O) groups excluding carboxylic acids is 1. The van der Waals surface area contributed by atoms with Gasteiger partial charge in [0.05, 0.1) is 30.3 Å². The molecule has 1 aromatic heterocycles. The van der Waals surface area contributed by atoms with Crippen LogP contribution in [0.3, 0.4) is 0 Å². The van der Waals surface area contributed by atoms with Crippen LogP contribution in [0, 0.1) is 6.92 Å². The molecule has 0 unspecified atom stereocenters. The van der Waals surface area contributed by atoms with Crippen LogP contribution in [0.4, 0.5) is 13.2 Å². The minimum atomic E-state index is -4.55. The molecule has 1 heterocycles. The number of carbonyl (C=O) groups is 1. The Morgan fingerprint density at radius 1 is 1.30 bits per heavy atom. The van der Waals surface area contributed by atoms with E-state index >= 15 is 0 Å². The molecule has 4 nitrogen and oxygen atoms in total. The topological polar surface area (TPSA) is 44.1 Å². The van der Waals surface area contributed by atoms with Gasteiger partial charge >= 0.3 is 12.1 Å². The molecule has 0 atom stereocenters. The van der Waals surface area contributed by atoms with Gasteiger partial charge < -0.3 is 9.30 Å². The van der Waals surface area contributed by atoms with E-state index in [1.54, 1.807) is 13.1 Å². The number of benzene rings is 1. The Kier molecular flexibility index (Phi) is 3.52. The van der Waals surface area contributed by atoms with Crippen LogP contribution >= 0.6 is 0 Å². The van der Waals surface area contributed by atoms with Crippen LogP contribution in [0.1, 0.15) is 21.6 Å². The van der Waals surface area contributed by atoms with Gasteiger partial charge in [0, 0.05) is 11.9 Å². The Balaban J connectivity index is 2.59. The molecule has 106 valence electrons. The molecule has 0 aliphatic carbocycles. The van der Waals surface area contributed by atoms with Crippen LogP contribution in [-0.2, 0) is 10.9 Å². The molecule has 0 N–H and O–H groups in total. The Bertz CT molecular complexity index is 647. The maximum atomic E-state index is 12.9. The second-order valence-corrected chi connectivity index (χ2v) is 4.18. The fourth-order valence-corrected chi connectivity index (χ4v) is 1.72. The number of ether oxygens (including phenoxy) is 1. The largest absolute Gasteiger partial charge is 0.465 e. The minimum absolute atomic E-state index is 0.163. The molecule has 0 radical (unpaired) electrons. The third-order valence-corrected chi connectivity index (χ3v) is 2.68. The Labute approximate surface area is 112 Å². The van der Waals surface area contributed by atoms with Crippen molar-refractivity contribution in [2.75, 3.05) is 7.11 Å². The van der Waals surface area contributed by atoms with Crippen molar-refractivity contribution in [1.82, 2.24) is 9.55 Å². The zero-order valence-electron chi connectivity index (χ0n) is 10.7. The summed E-state index contributed by atoms with van der Waals surface area (Å²) in [5.41, 5.74) is -0.228. The van der Waals surface area contributed by atoms with E-state index < -0.39 is 17.7 Å². The van der Waals surface area contributed by atoms with E-state index in [9.17, 15) is 18.0 Å². The van der Waals surface area contributed by atoms with Crippen molar-refractivity contribution in [3.05, 3.63) is 47.5 Å². The smallest absolute Gasteiger partial charge is 0.416 e. The zero-order chi connectivity index (χ0) is 14.9. The molecule has 0 amide bonds. The van der Waals surface area contributed by atoms with Crippen LogP contribution in [0.25, 0.3) is 5.69 Å². The second-order valence-electron chi connectivity index (χ2n) is 4.18. The summed E-state index contributed by atoms with van der Waals surface area (Å²) in [5.74, 6) is -0.825. The standard InChI is InChI=1S/C13H11F3N2O2/c1-8-6-18(7-17-8)11-4-9(12(19)20-2)3-10(5-11)13(14,15)16/h3-7H,1-2H3. The van der Waals surface area contributed by atoms with E-state index in [0.717, 1.165) is 19.2 Å². The summed E-state index contributed by atoms with van der Waals surface area (Å²) in [6, 6.07) is 3.04. The van der Waals surface area contributed by atoms with Crippen LogP contribution in [0.2, 0.25) is 0 Å². The number of aryl methyl sites for hydroxylation is 1. The maximum absolute atomic E-state index is 12.9. The molecule has 0 spiro atoms. The molecular formula is C13H11F3N2O2. The molecular weight excluding hydrogens is 273 g/mol. The van der Waals surface area contributed by atoms with Gasteiger partial charge in [-0.05, 0) is 25.1 Å². The summed E-state index contributed by atoms with van der Waals surface area (Å²) in [4.78, 5) is 15.4. The molecule has 0 saturated carbocycles. The minimum Gasteiger partial charge on any atom is -0.465 e. The fraction of sp³-hybridized carbons (Fsp3) is 0.231. The SMILES string of the molecule is COC(=O)c1cc(-n2cnc(C)c2)cc(C(F)(F)F)c1. The lowest BCUT2D eigenvalue weighted by Gasteiger charge is -2.11. The summed E-state index contributed by atoms with van der Waals surface area (Å²) in [5, 5.41) is 0. The number of hydrogen-bond acceptors (Lipinski definition) is 3. The summed E-state index contributed by atoms with van der Waals surface area (Å²) < 4.78 is 44.5. The number of nitrogens with zero attached hydrogens (tertiary/aromatic N) is 2. The summed E-state index contributed by atoms with van der Waals surface area (Å²) in [7, 11) is 1.11. The Morgan fingerprint density at radius 3 is 2.50 bits per heavy atom. The number of alkyl halides is 3. The predicted molar refractivity (Wildman–Crippen MR) is 64.6 cm³/mol. The van der Waals surface area contributed by atoms with Gasteiger partial charge in [0.25, 0.3) is 0 Å². The first-order valence-corrected chi connectivity index (χ1v) is 5.63. The lowest BCUT2D eigenvalue weighted by molar-refractivity contribution is -0.137. The number of hydrogen-bond donors (Lipinski definition) is 0. The van der Waals surface area contributed by atoms with Gasteiger partial charge in [-0.3, -0.25) is 0 Å². The summed E-state index contributed by atoms with van der Waals surface area (Å²) in [6.07, 6.45) is -1.60. The average molecular weight is 284 g/mol. The highest BCUT2D eigenvalue weighted by Gasteiger charge is 2.32. The normalized spacial score (nSPS) is 11.4. The van der Waals surface area contributed by atoms with E-state index in [2.05, 4.69) is 9.72 Å². The van der Waals surface area contributed by atoms with Crippen molar-refractivity contribution in [2.45, 2.75) is 13.1 Å². The van der Waals surface area contributed by atoms with Crippen molar-refractivity contribution in [1.29, 1.82) is 0 Å². The molecule has 0 aliphatic heterocycles. The van der Waals surface area contributed by atoms with Crippen molar-refractivity contribution in [2.24, 2.45) is 0 Å². The molecule has 2 aromatic rings. The molecule has 2 rings (SSSR count). The predicted octanol–water partition coefficient (Wildman–Crippen LogP) is 2.99. The van der Waals surface area contributed by atoms with Crippen LogP contribution in [-0.4, -0.2) is 22.6 Å². The van der Waals surface area contributed by atoms with E-state index in [-0.39, 0.29) is 11.3 Å². The van der Waals surface area contributed by atoms with Crippen LogP contribution in [0.15, 0.2) is 30.7 Å². The maximum Gasteiger partial charge on any atom is 0.416 e. The number of aromatic nitrogens is 2. The number of imidazole rings is 1. The van der Waals surface area contributed by atoms with Gasteiger partial charge in [0.15, 0.2) is 0 Å². The van der Waals surface area contributed by atoms with Crippen LogP contribution < -0.4 is 0 Å². The highest BCUT2D eigenvalue weighted by atomic mass is 19.4. The van der Waals surface area contributed by atoms with Gasteiger partial charge in [0.1, 0.15) is 0 Å². The van der Waals surface area contributed by atoms with Crippen molar-refractivity contribution < 1.29 is 22.7 Å². The summed E-state index contributed by atoms with van der Waals surface area (Å²) in [6.45, 7) is 1.71. The quantitative estimate of drug-likeness (QED) is 0.796. The first-order valence-electron chi connectivity index (χ1n) is 5.63. The van der Waals surface area contributed by atoms with Crippen molar-refractivity contribution in [3.63, 3.8) is 0 Å². The highest BCUT2D eigenvalue weighted by molar-refractivity contribution is 5.90. The molecule has 20 heavy (non-hydrogen) atoms. The van der Waals surface area contributed by atoms with E-state index in [1.807, 2.05) is 0 Å². The molecule has 7 heteroatoms. The third-order valence-electron chi connectivity index (χ3n) is 2.68. The van der Waals surface area contributed by atoms with Crippen molar-refractivity contribution in [3.8, 4) is 5.69 Å². The van der Waals surface area contributed by atoms with Gasteiger partial charge in [0.2, 0.25) is 0 Å². The number of methoxy groups -OCH3 is 1. The van der Waals surface area contributed by atoms with Gasteiger partial charge in [-0.1, -0.05) is 0 Å². The molecule has 0 saturated heterocycles. The van der Waals surface area contributed by atoms with Gasteiger partial charge in [-0.2, -0.15) is 13.2 Å². The lowest BCUT2D eigenvalue weighted by atomic mass is 10.1. The molecule has 1 aromatic carbocycles. The Morgan fingerprint density at radius 2 is 2.00 bits per heavy atom. The first-order chi connectivity index (χ1) is 9.31. The summed E-state index contributed by atoms with van der Waals surface area (Å²) >= 11 is 0. The third kappa shape index (κ3) is 2.81. The van der Waals surface area contributed by atoms with E-state index in [1.165, 1.54) is 17.0 Å². The number of esters is 1. The monoisotopic (exact) mass is 284 g/mol. The molecule has 0 aliphatic rings. The Hall–Kier alpha value is -2.31. The van der Waals surface area contributed by atoms with Gasteiger partial charge in [-0.15, -0.1) is 0 Å². The lowest BCUT2D eigenvalue weighted by Crippen LogP contribution is -2.10. The zero-order valence-corrected chi connectivity index (χ0v) is 10.7. The molecule has 0 bridgehead atoms. The van der Waals surface area contributed by atoms with Crippen LogP contribution in [0.5, 0.6) is 0 Å². The fourth-order valence-electron chi connectivity index (χ4n) is 1.72. The van der Waals surface area contributed by atoms with Crippen molar-refractivity contribution >= 4 is 5.97 Å². The number of halogens is 3. The van der Waals surface area contributed by atoms with E-state index in [0.29, 0.717) is 5.69 Å². The average Bonchev–Trinajstić information content (AvgIpc) is 2.83. The number of rotatable bonds is 2. The van der Waals surface area contributed by atoms with Gasteiger partial charge in [-0.25, -0.2) is 9.78 Å². The molecule has 0 fully saturated rings. The first kappa shape index (κ1) is 14.1.